The second kappa shape index (κ2) is 10.3. The van der Waals surface area contributed by atoms with Crippen molar-refractivity contribution in [1.29, 1.82) is 0 Å². The van der Waals surface area contributed by atoms with Crippen LogP contribution in [0.4, 0.5) is 0 Å². The highest BCUT2D eigenvalue weighted by molar-refractivity contribution is 7.89. The number of piperidine rings is 1. The number of fused-ring (bicyclic) bond motifs is 4. The van der Waals surface area contributed by atoms with Gasteiger partial charge in [0, 0.05) is 41.5 Å². The first-order chi connectivity index (χ1) is 19.5. The zero-order valence-corrected chi connectivity index (χ0v) is 27.8. The molecule has 4 atom stereocenters. The van der Waals surface area contributed by atoms with Crippen molar-refractivity contribution < 1.29 is 27.5 Å². The number of benzene rings is 2. The first-order valence-electron chi connectivity index (χ1n) is 14.6. The van der Waals surface area contributed by atoms with Crippen molar-refractivity contribution in [3.63, 3.8) is 0 Å². The lowest BCUT2D eigenvalue weighted by molar-refractivity contribution is -0.170. The molecule has 0 unspecified atom stereocenters. The van der Waals surface area contributed by atoms with E-state index in [1.807, 2.05) is 38.1 Å². The van der Waals surface area contributed by atoms with Gasteiger partial charge >= 0.3 is 5.97 Å². The largest absolute Gasteiger partial charge is 0.468 e. The van der Waals surface area contributed by atoms with Gasteiger partial charge in [-0.3, -0.25) is 4.79 Å². The summed E-state index contributed by atoms with van der Waals surface area (Å²) in [6.45, 7) is 14.6. The Morgan fingerprint density at radius 2 is 1.79 bits per heavy atom. The van der Waals surface area contributed by atoms with Crippen LogP contribution in [0.1, 0.15) is 56.9 Å². The van der Waals surface area contributed by atoms with Crippen LogP contribution in [0, 0.1) is 12.8 Å². The van der Waals surface area contributed by atoms with Crippen LogP contribution in [0.15, 0.2) is 53.4 Å². The third-order valence-electron chi connectivity index (χ3n) is 10.3. The number of sulfonamides is 1. The van der Waals surface area contributed by atoms with Gasteiger partial charge in [0.25, 0.3) is 0 Å². The number of aromatic nitrogens is 1. The van der Waals surface area contributed by atoms with E-state index in [0.29, 0.717) is 5.69 Å². The fourth-order valence-electron chi connectivity index (χ4n) is 6.73. The van der Waals surface area contributed by atoms with Gasteiger partial charge in [-0.25, -0.2) is 8.42 Å². The van der Waals surface area contributed by atoms with Crippen LogP contribution in [0.25, 0.3) is 10.9 Å². The predicted molar refractivity (Wildman–Crippen MR) is 167 cm³/mol. The van der Waals surface area contributed by atoms with E-state index in [9.17, 15) is 18.3 Å². The lowest BCUT2D eigenvalue weighted by Crippen LogP contribution is -2.69. The molecule has 0 radical (unpaired) electrons. The van der Waals surface area contributed by atoms with Crippen molar-refractivity contribution in [3.8, 4) is 0 Å². The number of nitrogens with zero attached hydrogens (tertiary/aromatic N) is 1. The Morgan fingerprint density at radius 1 is 1.14 bits per heavy atom. The number of aromatic amines is 1. The molecular weight excluding hydrogens is 569 g/mol. The second-order valence-electron chi connectivity index (χ2n) is 13.7. The summed E-state index contributed by atoms with van der Waals surface area (Å²) in [7, 11) is -4.88. The van der Waals surface area contributed by atoms with Gasteiger partial charge < -0.3 is 19.3 Å². The summed E-state index contributed by atoms with van der Waals surface area (Å²) in [6, 6.07) is 14.6. The Bertz CT molecular complexity index is 1610. The lowest BCUT2D eigenvalue weighted by Gasteiger charge is -2.57. The number of aliphatic hydroxyl groups is 1. The number of H-pyrrole nitrogens is 1. The number of hydrogen-bond donors (Lipinski definition) is 2. The maximum absolute atomic E-state index is 14.2. The highest BCUT2D eigenvalue weighted by Gasteiger charge is 2.66. The summed E-state index contributed by atoms with van der Waals surface area (Å²) in [5.74, 6) is -1.61. The number of para-hydroxylation sites is 1. The highest BCUT2D eigenvalue weighted by atomic mass is 32.2. The van der Waals surface area contributed by atoms with Gasteiger partial charge in [0.15, 0.2) is 8.32 Å². The lowest BCUT2D eigenvalue weighted by atomic mass is 9.53. The van der Waals surface area contributed by atoms with Crippen molar-refractivity contribution in [2.24, 2.45) is 5.92 Å². The van der Waals surface area contributed by atoms with Crippen LogP contribution in [0.5, 0.6) is 0 Å². The Hall–Kier alpha value is -2.50. The van der Waals surface area contributed by atoms with E-state index < -0.39 is 47.2 Å². The standard InChI is InChI=1S/C32H44N2O6SSi/c1-21-13-15-23(16-14-21)41(37,38)34-18-17-26-31(29(35)39-6,20-40-42(7,8)30(3,4)5)28-27(22(2)32(26,36)19-34)24-11-9-10-12-25(24)33-28/h9-16,22,26,33,36H,17-20H2,1-8H3/t22-,26-,31+,32-/m1/s1. The van der Waals surface area contributed by atoms with Crippen molar-refractivity contribution in [3.05, 3.63) is 65.4 Å². The SMILES string of the molecule is COC(=O)[C@]1(CO[Si](C)(C)C(C)(C)C)c2[nH]c3ccccc3c2[C@@H](C)[C@]2(O)CN(S(=O)(=O)c3ccc(C)cc3)CC[C@@H]21. The van der Waals surface area contributed by atoms with Gasteiger partial charge in [0.05, 0.1) is 24.2 Å². The molecule has 2 aromatic carbocycles. The van der Waals surface area contributed by atoms with Gasteiger partial charge in [0.2, 0.25) is 10.0 Å². The van der Waals surface area contributed by atoms with Gasteiger partial charge in [-0.05, 0) is 55.2 Å². The second-order valence-corrected chi connectivity index (χ2v) is 20.4. The first kappa shape index (κ1) is 30.9. The van der Waals surface area contributed by atoms with E-state index in [2.05, 4.69) is 38.8 Å². The Morgan fingerprint density at radius 3 is 2.40 bits per heavy atom. The number of esters is 1. The molecule has 1 aliphatic carbocycles. The van der Waals surface area contributed by atoms with Crippen molar-refractivity contribution >= 4 is 35.2 Å². The Balaban J connectivity index is 1.70. The zero-order chi connectivity index (χ0) is 30.9. The molecule has 1 aromatic heterocycles. The fourth-order valence-corrected chi connectivity index (χ4v) is 9.25. The smallest absolute Gasteiger partial charge is 0.320 e. The topological polar surface area (TPSA) is 109 Å². The number of ether oxygens (including phenoxy) is 1. The van der Waals surface area contributed by atoms with E-state index in [1.165, 1.54) is 11.4 Å². The summed E-state index contributed by atoms with van der Waals surface area (Å²) >= 11 is 0. The maximum Gasteiger partial charge on any atom is 0.320 e. The number of carbonyl (C=O) groups excluding carboxylic acids is 1. The summed E-state index contributed by atoms with van der Waals surface area (Å²) in [4.78, 5) is 17.9. The number of methoxy groups -OCH3 is 1. The molecule has 10 heteroatoms. The summed E-state index contributed by atoms with van der Waals surface area (Å²) in [5, 5.41) is 13.6. The molecule has 2 aliphatic rings. The van der Waals surface area contributed by atoms with Crippen molar-refractivity contribution in [2.45, 2.75) is 81.0 Å². The number of carbonyl (C=O) groups is 1. The number of rotatable bonds is 6. The summed E-state index contributed by atoms with van der Waals surface area (Å²) < 4.78 is 41.4. The molecule has 1 saturated heterocycles. The van der Waals surface area contributed by atoms with E-state index in [-0.39, 0.29) is 36.1 Å². The normalized spacial score (nSPS) is 27.0. The number of β-amino-alcohol motifs (C(OH)–C–C–N with tert-alkyl or cyclic N) is 1. The summed E-state index contributed by atoms with van der Waals surface area (Å²) in [5.41, 5.74) is 0.387. The molecule has 228 valence electrons. The molecule has 42 heavy (non-hydrogen) atoms. The minimum Gasteiger partial charge on any atom is -0.468 e. The summed E-state index contributed by atoms with van der Waals surface area (Å²) in [6.07, 6.45) is 0.261. The predicted octanol–water partition coefficient (Wildman–Crippen LogP) is 5.47. The first-order valence-corrected chi connectivity index (χ1v) is 19.0. The monoisotopic (exact) mass is 612 g/mol. The zero-order valence-electron chi connectivity index (χ0n) is 25.9. The molecule has 3 aromatic rings. The number of aryl methyl sites for hydroxylation is 1. The average molecular weight is 613 g/mol. The Kier molecular flexibility index (Phi) is 7.59. The molecule has 0 saturated carbocycles. The Labute approximate surface area is 250 Å². The molecule has 1 fully saturated rings. The van der Waals surface area contributed by atoms with Crippen molar-refractivity contribution in [1.82, 2.24) is 9.29 Å². The van der Waals surface area contributed by atoms with E-state index >= 15 is 0 Å². The molecule has 1 aliphatic heterocycles. The molecule has 2 N–H and O–H groups in total. The molecule has 5 rings (SSSR count). The molecule has 8 nitrogen and oxygen atoms in total. The van der Waals surface area contributed by atoms with Gasteiger partial charge in [-0.15, -0.1) is 0 Å². The van der Waals surface area contributed by atoms with E-state index in [4.69, 9.17) is 9.16 Å². The molecule has 2 heterocycles. The molecular formula is C32H44N2O6SSi. The van der Waals surface area contributed by atoms with Crippen LogP contribution in [-0.2, 0) is 29.4 Å². The van der Waals surface area contributed by atoms with Crippen LogP contribution in [-0.4, -0.2) is 69.5 Å². The highest BCUT2D eigenvalue weighted by Crippen LogP contribution is 2.58. The van der Waals surface area contributed by atoms with E-state index in [0.717, 1.165) is 22.0 Å². The van der Waals surface area contributed by atoms with Gasteiger partial charge in [0.1, 0.15) is 5.41 Å². The number of hydrogen-bond acceptors (Lipinski definition) is 6. The molecule has 0 spiro atoms. The van der Waals surface area contributed by atoms with Gasteiger partial charge in [-0.1, -0.05) is 63.6 Å². The minimum absolute atomic E-state index is 0.0282. The van der Waals surface area contributed by atoms with Crippen LogP contribution >= 0.6 is 0 Å². The number of nitrogens with one attached hydrogen (secondary N) is 1. The maximum atomic E-state index is 14.2. The molecule has 0 amide bonds. The minimum atomic E-state index is -3.89. The fraction of sp³-hybridized carbons (Fsp3) is 0.531. The quantitative estimate of drug-likeness (QED) is 0.282. The van der Waals surface area contributed by atoms with Gasteiger partial charge in [-0.2, -0.15) is 4.31 Å². The van der Waals surface area contributed by atoms with Crippen molar-refractivity contribution in [2.75, 3.05) is 26.8 Å². The van der Waals surface area contributed by atoms with Crippen LogP contribution < -0.4 is 0 Å². The molecule has 0 bridgehead atoms. The van der Waals surface area contributed by atoms with Crippen LogP contribution in [0.2, 0.25) is 18.1 Å². The average Bonchev–Trinajstić information content (AvgIpc) is 3.32. The van der Waals surface area contributed by atoms with Crippen LogP contribution in [0.3, 0.4) is 0 Å². The third-order valence-corrected chi connectivity index (χ3v) is 16.7. The van der Waals surface area contributed by atoms with E-state index in [1.54, 1.807) is 24.3 Å². The third kappa shape index (κ3) is 4.57.